The second-order valence-corrected chi connectivity index (χ2v) is 8.85. The van der Waals surface area contributed by atoms with E-state index >= 15 is 0 Å². The Hall–Kier alpha value is -2.97. The minimum absolute atomic E-state index is 0.145. The molecule has 2 aliphatic rings. The summed E-state index contributed by atoms with van der Waals surface area (Å²) >= 11 is 1.75. The first-order valence-electron chi connectivity index (χ1n) is 10.0. The summed E-state index contributed by atoms with van der Waals surface area (Å²) in [6.07, 6.45) is 2.34. The third kappa shape index (κ3) is 3.32. The average molecular weight is 423 g/mol. The molecule has 5 rings (SSSR count). The maximum atomic E-state index is 12.8. The second kappa shape index (κ2) is 7.37. The quantitative estimate of drug-likeness (QED) is 0.661. The summed E-state index contributed by atoms with van der Waals surface area (Å²) in [5.41, 5.74) is 7.65. The monoisotopic (exact) mass is 422 g/mol. The van der Waals surface area contributed by atoms with Crippen molar-refractivity contribution in [3.8, 4) is 10.6 Å². The summed E-state index contributed by atoms with van der Waals surface area (Å²) in [6.45, 7) is 1.84. The summed E-state index contributed by atoms with van der Waals surface area (Å²) in [5, 5.41) is 0. The molecule has 30 heavy (non-hydrogen) atoms. The van der Waals surface area contributed by atoms with Crippen LogP contribution in [0.5, 0.6) is 0 Å². The van der Waals surface area contributed by atoms with E-state index in [2.05, 4.69) is 16.0 Å². The molecule has 1 saturated heterocycles. The van der Waals surface area contributed by atoms with Gasteiger partial charge in [-0.25, -0.2) is 4.98 Å². The normalized spacial score (nSPS) is 17.7. The number of carbonyl (C=O) groups is 1. The Labute approximate surface area is 177 Å². The Morgan fingerprint density at radius 1 is 1.20 bits per heavy atom. The summed E-state index contributed by atoms with van der Waals surface area (Å²) in [5.74, 6) is 0.365. The molecule has 3 N–H and O–H groups in total. The van der Waals surface area contributed by atoms with Crippen molar-refractivity contribution >= 4 is 23.1 Å². The lowest BCUT2D eigenvalue weighted by atomic mass is 9.82. The van der Waals surface area contributed by atoms with Crippen molar-refractivity contribution in [3.05, 3.63) is 69.0 Å². The van der Waals surface area contributed by atoms with Crippen LogP contribution in [-0.2, 0) is 16.8 Å². The van der Waals surface area contributed by atoms with Gasteiger partial charge in [-0.05, 0) is 42.7 Å². The van der Waals surface area contributed by atoms with Crippen LogP contribution in [0.15, 0.2) is 47.3 Å². The number of nitrogens with one attached hydrogen (secondary N) is 1. The minimum Gasteiger partial charge on any atom is -0.384 e. The Morgan fingerprint density at radius 3 is 2.77 bits per heavy atom. The van der Waals surface area contributed by atoms with Crippen LogP contribution < -0.4 is 11.3 Å². The Balaban J connectivity index is 1.39. The van der Waals surface area contributed by atoms with Gasteiger partial charge in [0.25, 0.3) is 5.91 Å². The highest BCUT2D eigenvalue weighted by Crippen LogP contribution is 2.46. The van der Waals surface area contributed by atoms with Crippen molar-refractivity contribution in [1.29, 1.82) is 0 Å². The minimum atomic E-state index is -0.371. The number of aromatic amines is 1. The van der Waals surface area contributed by atoms with Gasteiger partial charge in [-0.15, -0.1) is 11.3 Å². The zero-order valence-electron chi connectivity index (χ0n) is 16.4. The zero-order chi connectivity index (χ0) is 20.7. The van der Waals surface area contributed by atoms with E-state index in [0.29, 0.717) is 31.2 Å². The molecule has 1 amide bonds. The van der Waals surface area contributed by atoms with E-state index < -0.39 is 0 Å². The maximum Gasteiger partial charge on any atom is 0.270 e. The van der Waals surface area contributed by atoms with Crippen LogP contribution in [0.2, 0.25) is 0 Å². The van der Waals surface area contributed by atoms with Gasteiger partial charge in [0.1, 0.15) is 11.5 Å². The summed E-state index contributed by atoms with van der Waals surface area (Å²) in [6, 6.07) is 12.5. The van der Waals surface area contributed by atoms with Gasteiger partial charge in [0.05, 0.1) is 22.8 Å². The maximum absolute atomic E-state index is 12.8. The standard InChI is InChI=1S/C22H22N4O3S/c23-19-5-1-3-15(24-19)18-13-14-17(30-18)7-12-29-22(14)8-10-26(11-9-22)21(28)16-4-2-6-20(27)25-16/h1-6,13H,7-12H2,(H2,23,24)(H,25,27). The number of pyridine rings is 2. The average Bonchev–Trinajstić information content (AvgIpc) is 3.20. The number of piperidine rings is 1. The molecule has 8 heteroatoms. The van der Waals surface area contributed by atoms with Crippen molar-refractivity contribution in [2.24, 2.45) is 0 Å². The Morgan fingerprint density at radius 2 is 2.00 bits per heavy atom. The van der Waals surface area contributed by atoms with Crippen LogP contribution in [0, 0.1) is 0 Å². The molecule has 5 heterocycles. The van der Waals surface area contributed by atoms with Crippen LogP contribution in [0.1, 0.15) is 33.8 Å². The molecule has 0 aromatic carbocycles. The van der Waals surface area contributed by atoms with Crippen molar-refractivity contribution in [2.45, 2.75) is 24.9 Å². The van der Waals surface area contributed by atoms with Crippen molar-refractivity contribution in [1.82, 2.24) is 14.9 Å². The third-order valence-corrected chi connectivity index (χ3v) is 7.10. The summed E-state index contributed by atoms with van der Waals surface area (Å²) < 4.78 is 6.32. The number of H-pyrrole nitrogens is 1. The van der Waals surface area contributed by atoms with E-state index in [-0.39, 0.29) is 17.1 Å². The number of nitrogens with zero attached hydrogens (tertiary/aromatic N) is 2. The topological polar surface area (TPSA) is 101 Å². The first-order chi connectivity index (χ1) is 14.5. The number of anilines is 1. The number of rotatable bonds is 2. The van der Waals surface area contributed by atoms with Crippen LogP contribution in [0.3, 0.4) is 0 Å². The van der Waals surface area contributed by atoms with Crippen molar-refractivity contribution < 1.29 is 9.53 Å². The van der Waals surface area contributed by atoms with Gasteiger partial charge in [0, 0.05) is 30.5 Å². The number of amides is 1. The van der Waals surface area contributed by atoms with E-state index in [9.17, 15) is 9.59 Å². The number of nitrogen functional groups attached to an aromatic ring is 1. The molecular weight excluding hydrogens is 400 g/mol. The van der Waals surface area contributed by atoms with Gasteiger partial charge in [-0.1, -0.05) is 12.1 Å². The molecule has 2 aliphatic heterocycles. The molecule has 154 valence electrons. The number of ether oxygens (including phenoxy) is 1. The SMILES string of the molecule is Nc1cccc(-c2cc3c(s2)CCOC32CCN(C(=O)c3cccc(=O)[nH]3)CC2)n1. The molecular formula is C22H22N4O3S. The van der Waals surface area contributed by atoms with Crippen LogP contribution in [-0.4, -0.2) is 40.5 Å². The highest BCUT2D eigenvalue weighted by atomic mass is 32.1. The van der Waals surface area contributed by atoms with E-state index in [1.165, 1.54) is 16.5 Å². The van der Waals surface area contributed by atoms with Crippen molar-refractivity contribution in [3.63, 3.8) is 0 Å². The largest absolute Gasteiger partial charge is 0.384 e. The number of thiophene rings is 1. The number of fused-ring (bicyclic) bond motifs is 2. The van der Waals surface area contributed by atoms with Gasteiger partial charge in [0.15, 0.2) is 0 Å². The lowest BCUT2D eigenvalue weighted by molar-refractivity contribution is -0.0926. The highest BCUT2D eigenvalue weighted by molar-refractivity contribution is 7.15. The number of hydrogen-bond donors (Lipinski definition) is 2. The molecule has 0 bridgehead atoms. The van der Waals surface area contributed by atoms with Gasteiger partial charge in [-0.3, -0.25) is 9.59 Å². The summed E-state index contributed by atoms with van der Waals surface area (Å²) in [4.78, 5) is 35.6. The van der Waals surface area contributed by atoms with Gasteiger partial charge in [-0.2, -0.15) is 0 Å². The molecule has 3 aromatic rings. The molecule has 7 nitrogen and oxygen atoms in total. The number of carbonyl (C=O) groups excluding carboxylic acids is 1. The third-order valence-electron chi connectivity index (χ3n) is 5.89. The molecule has 0 aliphatic carbocycles. The number of aromatic nitrogens is 2. The zero-order valence-corrected chi connectivity index (χ0v) is 17.2. The van der Waals surface area contributed by atoms with Gasteiger partial charge in [0.2, 0.25) is 5.56 Å². The van der Waals surface area contributed by atoms with Crippen molar-refractivity contribution in [2.75, 3.05) is 25.4 Å². The fourth-order valence-corrected chi connectivity index (χ4v) is 5.56. The van der Waals surface area contributed by atoms with Gasteiger partial charge < -0.3 is 20.4 Å². The highest BCUT2D eigenvalue weighted by Gasteiger charge is 2.43. The number of nitrogens with two attached hydrogens (primary N) is 1. The first-order valence-corrected chi connectivity index (χ1v) is 10.8. The lowest BCUT2D eigenvalue weighted by Crippen LogP contribution is -2.48. The smallest absolute Gasteiger partial charge is 0.270 e. The number of likely N-dealkylation sites (tertiary alicyclic amines) is 1. The second-order valence-electron chi connectivity index (χ2n) is 7.71. The van der Waals surface area contributed by atoms with E-state index in [1.807, 2.05) is 12.1 Å². The van der Waals surface area contributed by atoms with Crippen LogP contribution >= 0.6 is 11.3 Å². The Bertz CT molecular complexity index is 1160. The fourth-order valence-electron chi connectivity index (χ4n) is 4.36. The Kier molecular flexibility index (Phi) is 4.67. The van der Waals surface area contributed by atoms with Gasteiger partial charge >= 0.3 is 0 Å². The molecule has 1 spiro atoms. The molecule has 1 fully saturated rings. The molecule has 0 saturated carbocycles. The first kappa shape index (κ1) is 19.0. The molecule has 0 unspecified atom stereocenters. The van der Waals surface area contributed by atoms with Crippen LogP contribution in [0.4, 0.5) is 5.82 Å². The van der Waals surface area contributed by atoms with E-state index in [4.69, 9.17) is 10.5 Å². The predicted octanol–water partition coefficient (Wildman–Crippen LogP) is 2.78. The lowest BCUT2D eigenvalue weighted by Gasteiger charge is -2.44. The fraction of sp³-hybridized carbons (Fsp3) is 0.318. The molecule has 3 aromatic heterocycles. The molecule has 0 radical (unpaired) electrons. The number of hydrogen-bond acceptors (Lipinski definition) is 6. The predicted molar refractivity (Wildman–Crippen MR) is 115 cm³/mol. The van der Waals surface area contributed by atoms with E-state index in [1.54, 1.807) is 34.4 Å². The van der Waals surface area contributed by atoms with E-state index in [0.717, 1.165) is 29.8 Å². The molecule has 0 atom stereocenters. The van der Waals surface area contributed by atoms with Crippen LogP contribution in [0.25, 0.3) is 10.6 Å². The summed E-state index contributed by atoms with van der Waals surface area (Å²) in [7, 11) is 0.